The van der Waals surface area contributed by atoms with Crippen LogP contribution in [-0.4, -0.2) is 23.4 Å². The number of halogens is 2. The largest absolute Gasteiger partial charge is 0.396 e. The number of aliphatic hydroxyl groups excluding tert-OH is 2. The molecule has 0 aliphatic carbocycles. The van der Waals surface area contributed by atoms with Gasteiger partial charge in [-0.3, -0.25) is 0 Å². The van der Waals surface area contributed by atoms with Gasteiger partial charge in [0.15, 0.2) is 0 Å². The van der Waals surface area contributed by atoms with E-state index in [2.05, 4.69) is 0 Å². The van der Waals surface area contributed by atoms with Gasteiger partial charge in [0.2, 0.25) is 0 Å². The normalized spacial score (nSPS) is 11.8. The maximum absolute atomic E-state index is 13.0. The fraction of sp³-hybridized carbons (Fsp3) is 0.500. The van der Waals surface area contributed by atoms with Crippen LogP contribution in [0.2, 0.25) is 0 Å². The van der Waals surface area contributed by atoms with Crippen LogP contribution < -0.4 is 0 Å². The zero-order valence-electron chi connectivity index (χ0n) is 9.21. The summed E-state index contributed by atoms with van der Waals surface area (Å²) in [5.41, 5.74) is -0.261. The van der Waals surface area contributed by atoms with Gasteiger partial charge in [-0.2, -0.15) is 0 Å². The molecule has 0 saturated heterocycles. The van der Waals surface area contributed by atoms with E-state index in [9.17, 15) is 19.0 Å². The third-order valence-corrected chi connectivity index (χ3v) is 2.92. The van der Waals surface area contributed by atoms with Crippen LogP contribution in [0.3, 0.4) is 0 Å². The molecule has 0 amide bonds. The second kappa shape index (κ2) is 5.37. The zero-order valence-corrected chi connectivity index (χ0v) is 9.21. The molecule has 16 heavy (non-hydrogen) atoms. The first-order valence-corrected chi connectivity index (χ1v) is 5.22. The highest BCUT2D eigenvalue weighted by molar-refractivity contribution is 5.19. The molecule has 1 aromatic rings. The Hall–Kier alpha value is -1.00. The van der Waals surface area contributed by atoms with E-state index in [0.717, 1.165) is 6.07 Å². The number of aliphatic hydroxyl groups is 2. The Labute approximate surface area is 93.5 Å². The summed E-state index contributed by atoms with van der Waals surface area (Å²) in [6.07, 6.45) is 0.795. The van der Waals surface area contributed by atoms with Crippen LogP contribution in [0, 0.1) is 17.0 Å². The molecule has 0 saturated carbocycles. The molecular weight excluding hydrogens is 214 g/mol. The maximum atomic E-state index is 13.0. The standard InChI is InChI=1S/C12H16F2O2/c1-2-12(7-15,8-16)6-9-3-10(13)5-11(14)4-9/h3-5,15-16H,2,6-8H2,1H3. The van der Waals surface area contributed by atoms with Crippen molar-refractivity contribution >= 4 is 0 Å². The minimum Gasteiger partial charge on any atom is -0.396 e. The lowest BCUT2D eigenvalue weighted by Crippen LogP contribution is -2.31. The molecule has 2 nitrogen and oxygen atoms in total. The smallest absolute Gasteiger partial charge is 0.126 e. The van der Waals surface area contributed by atoms with Crippen LogP contribution in [0.4, 0.5) is 8.78 Å². The fourth-order valence-electron chi connectivity index (χ4n) is 1.66. The number of rotatable bonds is 5. The van der Waals surface area contributed by atoms with Crippen molar-refractivity contribution in [1.82, 2.24) is 0 Å². The van der Waals surface area contributed by atoms with Crippen LogP contribution in [0.25, 0.3) is 0 Å². The van der Waals surface area contributed by atoms with Crippen molar-refractivity contribution in [1.29, 1.82) is 0 Å². The number of benzene rings is 1. The van der Waals surface area contributed by atoms with Crippen LogP contribution in [0.15, 0.2) is 18.2 Å². The predicted molar refractivity (Wildman–Crippen MR) is 57.0 cm³/mol. The van der Waals surface area contributed by atoms with Crippen molar-refractivity contribution in [2.75, 3.05) is 13.2 Å². The molecule has 0 aliphatic rings. The lowest BCUT2D eigenvalue weighted by Gasteiger charge is -2.28. The van der Waals surface area contributed by atoms with Crippen LogP contribution in [0.5, 0.6) is 0 Å². The third-order valence-electron chi connectivity index (χ3n) is 2.92. The molecule has 4 heteroatoms. The fourth-order valence-corrected chi connectivity index (χ4v) is 1.66. The van der Waals surface area contributed by atoms with Gasteiger partial charge in [0.25, 0.3) is 0 Å². The van der Waals surface area contributed by atoms with E-state index in [0.29, 0.717) is 12.0 Å². The molecular formula is C12H16F2O2. The first-order valence-electron chi connectivity index (χ1n) is 5.22. The van der Waals surface area contributed by atoms with Crippen molar-refractivity contribution < 1.29 is 19.0 Å². The molecule has 0 aliphatic heterocycles. The molecule has 0 radical (unpaired) electrons. The summed E-state index contributed by atoms with van der Waals surface area (Å²) in [4.78, 5) is 0. The Balaban J connectivity index is 2.93. The number of hydrogen-bond acceptors (Lipinski definition) is 2. The Morgan fingerprint density at radius 1 is 1.06 bits per heavy atom. The van der Waals surface area contributed by atoms with E-state index in [1.165, 1.54) is 12.1 Å². The van der Waals surface area contributed by atoms with Crippen molar-refractivity contribution in [2.24, 2.45) is 5.41 Å². The van der Waals surface area contributed by atoms with E-state index in [1.807, 2.05) is 6.92 Å². The van der Waals surface area contributed by atoms with Gasteiger partial charge in [0.05, 0.1) is 13.2 Å². The summed E-state index contributed by atoms with van der Waals surface area (Å²) in [6, 6.07) is 3.24. The molecule has 1 aromatic carbocycles. The SMILES string of the molecule is CCC(CO)(CO)Cc1cc(F)cc(F)c1. The zero-order chi connectivity index (χ0) is 12.2. The minimum atomic E-state index is -0.708. The summed E-state index contributed by atoms with van der Waals surface area (Å²) in [7, 11) is 0. The molecule has 0 atom stereocenters. The van der Waals surface area contributed by atoms with Crippen molar-refractivity contribution in [2.45, 2.75) is 19.8 Å². The van der Waals surface area contributed by atoms with E-state index >= 15 is 0 Å². The van der Waals surface area contributed by atoms with Gasteiger partial charge in [0, 0.05) is 11.5 Å². The van der Waals surface area contributed by atoms with Crippen LogP contribution in [-0.2, 0) is 6.42 Å². The van der Waals surface area contributed by atoms with Gasteiger partial charge in [-0.25, -0.2) is 8.78 Å². The molecule has 1 rings (SSSR count). The molecule has 0 bridgehead atoms. The highest BCUT2D eigenvalue weighted by Gasteiger charge is 2.27. The van der Waals surface area contributed by atoms with Gasteiger partial charge in [-0.15, -0.1) is 0 Å². The highest BCUT2D eigenvalue weighted by atomic mass is 19.1. The van der Waals surface area contributed by atoms with Gasteiger partial charge < -0.3 is 10.2 Å². The molecule has 0 spiro atoms. The van der Waals surface area contributed by atoms with Gasteiger partial charge >= 0.3 is 0 Å². The Morgan fingerprint density at radius 2 is 1.56 bits per heavy atom. The monoisotopic (exact) mass is 230 g/mol. The van der Waals surface area contributed by atoms with Crippen molar-refractivity contribution in [3.63, 3.8) is 0 Å². The van der Waals surface area contributed by atoms with Crippen molar-refractivity contribution in [3.05, 3.63) is 35.4 Å². The minimum absolute atomic E-state index is 0.210. The molecule has 0 fully saturated rings. The van der Waals surface area contributed by atoms with Crippen LogP contribution in [0.1, 0.15) is 18.9 Å². The highest BCUT2D eigenvalue weighted by Crippen LogP contribution is 2.26. The molecule has 90 valence electrons. The Bertz CT molecular complexity index is 320. The molecule has 0 heterocycles. The van der Waals surface area contributed by atoms with E-state index in [4.69, 9.17) is 0 Å². The number of hydrogen-bond donors (Lipinski definition) is 2. The average Bonchev–Trinajstić information content (AvgIpc) is 2.25. The van der Waals surface area contributed by atoms with E-state index in [1.54, 1.807) is 0 Å². The summed E-state index contributed by atoms with van der Waals surface area (Å²) < 4.78 is 25.9. The van der Waals surface area contributed by atoms with E-state index < -0.39 is 17.0 Å². The first kappa shape index (κ1) is 13.1. The van der Waals surface area contributed by atoms with Crippen LogP contribution >= 0.6 is 0 Å². The summed E-state index contributed by atoms with van der Waals surface area (Å²) in [5, 5.41) is 18.5. The summed E-state index contributed by atoms with van der Waals surface area (Å²) in [5.74, 6) is -1.29. The van der Waals surface area contributed by atoms with Crippen molar-refractivity contribution in [3.8, 4) is 0 Å². The van der Waals surface area contributed by atoms with Gasteiger partial charge in [0.1, 0.15) is 11.6 Å². The first-order chi connectivity index (χ1) is 7.55. The van der Waals surface area contributed by atoms with E-state index in [-0.39, 0.29) is 19.6 Å². The second-order valence-corrected chi connectivity index (χ2v) is 4.12. The average molecular weight is 230 g/mol. The topological polar surface area (TPSA) is 40.5 Å². The lowest BCUT2D eigenvalue weighted by molar-refractivity contribution is 0.0513. The van der Waals surface area contributed by atoms with Gasteiger partial charge in [-0.05, 0) is 30.5 Å². The molecule has 0 unspecified atom stereocenters. The Morgan fingerprint density at radius 3 is 1.94 bits per heavy atom. The summed E-state index contributed by atoms with van der Waals surface area (Å²) in [6.45, 7) is 1.40. The molecule has 2 N–H and O–H groups in total. The third kappa shape index (κ3) is 3.00. The Kier molecular flexibility index (Phi) is 4.38. The maximum Gasteiger partial charge on any atom is 0.126 e. The van der Waals surface area contributed by atoms with Gasteiger partial charge in [-0.1, -0.05) is 6.92 Å². The second-order valence-electron chi connectivity index (χ2n) is 4.12. The summed E-state index contributed by atoms with van der Waals surface area (Å²) >= 11 is 0. The lowest BCUT2D eigenvalue weighted by atomic mass is 9.81. The quantitative estimate of drug-likeness (QED) is 0.811. The predicted octanol–water partition coefficient (Wildman–Crippen LogP) is 1.89. The molecule has 0 aromatic heterocycles.